The average Bonchev–Trinajstić information content (AvgIpc) is 2.86. The van der Waals surface area contributed by atoms with Crippen LogP contribution in [-0.4, -0.2) is 33.9 Å². The van der Waals surface area contributed by atoms with E-state index in [1.807, 2.05) is 19.2 Å². The van der Waals surface area contributed by atoms with Gasteiger partial charge in [0.2, 0.25) is 0 Å². The van der Waals surface area contributed by atoms with Gasteiger partial charge in [-0.15, -0.1) is 0 Å². The van der Waals surface area contributed by atoms with Crippen molar-refractivity contribution >= 4 is 5.97 Å². The maximum absolute atomic E-state index is 11.8. The Morgan fingerprint density at radius 3 is 2.86 bits per heavy atom. The SMILES string of the molecule is CCOC(=O)c1cnn(C)c1CNCCc1ccncc1. The third-order valence-electron chi connectivity index (χ3n) is 3.19. The molecule has 6 nitrogen and oxygen atoms in total. The minimum absolute atomic E-state index is 0.323. The Morgan fingerprint density at radius 2 is 2.14 bits per heavy atom. The molecule has 1 N–H and O–H groups in total. The van der Waals surface area contributed by atoms with Crippen LogP contribution in [0.5, 0.6) is 0 Å². The van der Waals surface area contributed by atoms with Crippen LogP contribution in [0.2, 0.25) is 0 Å². The Hall–Kier alpha value is -2.21. The molecule has 2 heterocycles. The summed E-state index contributed by atoms with van der Waals surface area (Å²) in [5.74, 6) is -0.323. The van der Waals surface area contributed by atoms with Gasteiger partial charge >= 0.3 is 5.97 Å². The molecule has 0 fully saturated rings. The number of aromatic nitrogens is 3. The van der Waals surface area contributed by atoms with Crippen molar-refractivity contribution in [2.75, 3.05) is 13.2 Å². The fourth-order valence-electron chi connectivity index (χ4n) is 2.04. The van der Waals surface area contributed by atoms with Gasteiger partial charge in [-0.1, -0.05) is 0 Å². The number of ether oxygens (including phenoxy) is 1. The molecule has 0 bridgehead atoms. The van der Waals surface area contributed by atoms with Gasteiger partial charge in [-0.2, -0.15) is 5.10 Å². The van der Waals surface area contributed by atoms with Crippen LogP contribution >= 0.6 is 0 Å². The molecule has 0 aliphatic carbocycles. The van der Waals surface area contributed by atoms with Crippen molar-refractivity contribution in [1.82, 2.24) is 20.1 Å². The molecule has 0 radical (unpaired) electrons. The van der Waals surface area contributed by atoms with Gasteiger partial charge in [0.15, 0.2) is 0 Å². The highest BCUT2D eigenvalue weighted by Crippen LogP contribution is 2.09. The van der Waals surface area contributed by atoms with Gasteiger partial charge in [0, 0.05) is 26.0 Å². The van der Waals surface area contributed by atoms with Crippen LogP contribution in [0.15, 0.2) is 30.7 Å². The molecule has 0 saturated heterocycles. The van der Waals surface area contributed by atoms with Gasteiger partial charge in [0.1, 0.15) is 5.56 Å². The summed E-state index contributed by atoms with van der Waals surface area (Å²) in [5, 5.41) is 7.45. The highest BCUT2D eigenvalue weighted by atomic mass is 16.5. The van der Waals surface area contributed by atoms with Crippen molar-refractivity contribution in [1.29, 1.82) is 0 Å². The number of rotatable bonds is 7. The maximum Gasteiger partial charge on any atom is 0.341 e. The predicted molar refractivity (Wildman–Crippen MR) is 78.8 cm³/mol. The lowest BCUT2D eigenvalue weighted by Gasteiger charge is -2.08. The number of pyridine rings is 1. The van der Waals surface area contributed by atoms with E-state index in [1.165, 1.54) is 5.56 Å². The molecule has 2 rings (SSSR count). The summed E-state index contributed by atoms with van der Waals surface area (Å²) in [6, 6.07) is 3.99. The maximum atomic E-state index is 11.8. The minimum Gasteiger partial charge on any atom is -0.462 e. The van der Waals surface area contributed by atoms with E-state index in [0.29, 0.717) is 18.7 Å². The molecule has 0 atom stereocenters. The van der Waals surface area contributed by atoms with Crippen molar-refractivity contribution in [3.8, 4) is 0 Å². The number of nitrogens with one attached hydrogen (secondary N) is 1. The zero-order valence-electron chi connectivity index (χ0n) is 12.4. The minimum atomic E-state index is -0.323. The molecule has 0 saturated carbocycles. The van der Waals surface area contributed by atoms with E-state index >= 15 is 0 Å². The fourth-order valence-corrected chi connectivity index (χ4v) is 2.04. The number of hydrogen-bond acceptors (Lipinski definition) is 5. The lowest BCUT2D eigenvalue weighted by Crippen LogP contribution is -2.20. The van der Waals surface area contributed by atoms with Gasteiger partial charge in [-0.05, 0) is 37.6 Å². The van der Waals surface area contributed by atoms with E-state index in [-0.39, 0.29) is 5.97 Å². The second kappa shape index (κ2) is 7.54. The van der Waals surface area contributed by atoms with Crippen LogP contribution in [0, 0.1) is 0 Å². The first-order chi connectivity index (χ1) is 10.2. The van der Waals surface area contributed by atoms with Crippen molar-refractivity contribution in [3.63, 3.8) is 0 Å². The third-order valence-corrected chi connectivity index (χ3v) is 3.19. The predicted octanol–water partition coefficient (Wildman–Crippen LogP) is 1.32. The van der Waals surface area contributed by atoms with E-state index in [0.717, 1.165) is 18.7 Å². The van der Waals surface area contributed by atoms with Crippen LogP contribution in [0.3, 0.4) is 0 Å². The van der Waals surface area contributed by atoms with Crippen molar-refractivity contribution in [2.45, 2.75) is 19.9 Å². The van der Waals surface area contributed by atoms with Crippen LogP contribution < -0.4 is 5.32 Å². The first kappa shape index (κ1) is 15.2. The summed E-state index contributed by atoms with van der Waals surface area (Å²) in [5.41, 5.74) is 2.59. The zero-order chi connectivity index (χ0) is 15.1. The number of carbonyl (C=O) groups excluding carboxylic acids is 1. The van der Waals surface area contributed by atoms with Crippen LogP contribution in [0.4, 0.5) is 0 Å². The van der Waals surface area contributed by atoms with Crippen molar-refractivity contribution < 1.29 is 9.53 Å². The average molecular weight is 288 g/mol. The number of aryl methyl sites for hydroxylation is 1. The monoisotopic (exact) mass is 288 g/mol. The Labute approximate surface area is 124 Å². The molecule has 6 heteroatoms. The van der Waals surface area contributed by atoms with Crippen molar-refractivity contribution in [2.24, 2.45) is 7.05 Å². The number of esters is 1. The van der Waals surface area contributed by atoms with E-state index in [1.54, 1.807) is 30.2 Å². The summed E-state index contributed by atoms with van der Waals surface area (Å²) >= 11 is 0. The topological polar surface area (TPSA) is 69.0 Å². The first-order valence-corrected chi connectivity index (χ1v) is 7.00. The van der Waals surface area contributed by atoms with Gasteiger partial charge in [0.05, 0.1) is 18.5 Å². The second-order valence-corrected chi connectivity index (χ2v) is 4.63. The highest BCUT2D eigenvalue weighted by molar-refractivity contribution is 5.90. The van der Waals surface area contributed by atoms with Crippen molar-refractivity contribution in [3.05, 3.63) is 47.5 Å². The van der Waals surface area contributed by atoms with Gasteiger partial charge in [-0.3, -0.25) is 9.67 Å². The van der Waals surface area contributed by atoms with Crippen LogP contribution in [0.1, 0.15) is 28.5 Å². The summed E-state index contributed by atoms with van der Waals surface area (Å²) in [6.07, 6.45) is 6.04. The zero-order valence-corrected chi connectivity index (χ0v) is 12.4. The standard InChI is InChI=1S/C15H20N4O2/c1-3-21-15(20)13-10-18-19(2)14(13)11-17-9-6-12-4-7-16-8-5-12/h4-5,7-8,10,17H,3,6,9,11H2,1-2H3. The molecule has 0 aromatic carbocycles. The van der Waals surface area contributed by atoms with Crippen LogP contribution in [0.25, 0.3) is 0 Å². The Balaban J connectivity index is 1.88. The van der Waals surface area contributed by atoms with Gasteiger partial charge in [-0.25, -0.2) is 4.79 Å². The smallest absolute Gasteiger partial charge is 0.341 e. The molecular formula is C15H20N4O2. The molecule has 2 aromatic heterocycles. The molecular weight excluding hydrogens is 268 g/mol. The molecule has 0 unspecified atom stereocenters. The summed E-state index contributed by atoms with van der Waals surface area (Å²) < 4.78 is 6.73. The number of carbonyl (C=O) groups is 1. The fraction of sp³-hybridized carbons (Fsp3) is 0.400. The number of nitrogens with zero attached hydrogens (tertiary/aromatic N) is 3. The Morgan fingerprint density at radius 1 is 1.38 bits per heavy atom. The summed E-state index contributed by atoms with van der Waals surface area (Å²) in [6.45, 7) is 3.55. The molecule has 21 heavy (non-hydrogen) atoms. The van der Waals surface area contributed by atoms with E-state index < -0.39 is 0 Å². The quantitative estimate of drug-likeness (QED) is 0.615. The molecule has 0 aliphatic rings. The second-order valence-electron chi connectivity index (χ2n) is 4.63. The summed E-state index contributed by atoms with van der Waals surface area (Å²) in [7, 11) is 1.82. The largest absolute Gasteiger partial charge is 0.462 e. The first-order valence-electron chi connectivity index (χ1n) is 7.00. The lowest BCUT2D eigenvalue weighted by molar-refractivity contribution is 0.0524. The van der Waals surface area contributed by atoms with E-state index in [9.17, 15) is 4.79 Å². The Bertz CT molecular complexity index is 581. The molecule has 0 spiro atoms. The molecule has 0 aliphatic heterocycles. The number of hydrogen-bond donors (Lipinski definition) is 1. The normalized spacial score (nSPS) is 10.6. The Kier molecular flexibility index (Phi) is 5.45. The molecule has 2 aromatic rings. The van der Waals surface area contributed by atoms with Gasteiger partial charge in [0.25, 0.3) is 0 Å². The highest BCUT2D eigenvalue weighted by Gasteiger charge is 2.16. The van der Waals surface area contributed by atoms with Crippen LogP contribution in [-0.2, 0) is 24.8 Å². The van der Waals surface area contributed by atoms with Gasteiger partial charge < -0.3 is 10.1 Å². The van der Waals surface area contributed by atoms with E-state index in [4.69, 9.17) is 4.74 Å². The van der Waals surface area contributed by atoms with E-state index in [2.05, 4.69) is 15.4 Å². The lowest BCUT2D eigenvalue weighted by atomic mass is 10.2. The summed E-state index contributed by atoms with van der Waals surface area (Å²) in [4.78, 5) is 15.8. The molecule has 112 valence electrons. The molecule has 0 amide bonds. The third kappa shape index (κ3) is 4.13.